The Morgan fingerprint density at radius 1 is 1.24 bits per heavy atom. The van der Waals surface area contributed by atoms with Crippen molar-refractivity contribution in [3.05, 3.63) is 29.3 Å². The third-order valence-electron chi connectivity index (χ3n) is 4.62. The van der Waals surface area contributed by atoms with Gasteiger partial charge in [-0.05, 0) is 31.2 Å². The Kier molecular flexibility index (Phi) is 5.20. The van der Waals surface area contributed by atoms with Crippen molar-refractivity contribution in [1.82, 2.24) is 5.32 Å². The third kappa shape index (κ3) is 3.37. The van der Waals surface area contributed by atoms with Crippen molar-refractivity contribution in [2.45, 2.75) is 52.0 Å². The summed E-state index contributed by atoms with van der Waals surface area (Å²) in [5, 5.41) is 3.37. The van der Waals surface area contributed by atoms with Crippen LogP contribution in [0.2, 0.25) is 0 Å². The lowest BCUT2D eigenvalue weighted by Gasteiger charge is -2.36. The van der Waals surface area contributed by atoms with Crippen molar-refractivity contribution >= 4 is 0 Å². The Morgan fingerprint density at radius 3 is 2.29 bits per heavy atom. The molecule has 21 heavy (non-hydrogen) atoms. The highest BCUT2D eigenvalue weighted by Gasteiger charge is 2.40. The molecule has 1 aromatic rings. The van der Waals surface area contributed by atoms with E-state index in [0.717, 1.165) is 38.6 Å². The maximum atomic E-state index is 14.4. The molecule has 0 spiro atoms. The molecule has 4 heteroatoms. The predicted octanol–water partition coefficient (Wildman–Crippen LogP) is 4.59. The first-order valence-electron chi connectivity index (χ1n) is 7.78. The maximum Gasteiger partial charge on any atom is 0.134 e. The standard InChI is InChI=1S/C17H25F2NO/c1-4-9-20-16(17(2)7-5-6-8-17)15-13(18)10-12(21-3)11-14(15)19/h10-11,16,20H,4-9H2,1-3H3. The second-order valence-electron chi connectivity index (χ2n) is 6.25. The quantitative estimate of drug-likeness (QED) is 0.829. The van der Waals surface area contributed by atoms with E-state index in [2.05, 4.69) is 19.2 Å². The van der Waals surface area contributed by atoms with Gasteiger partial charge in [0.15, 0.2) is 0 Å². The summed E-state index contributed by atoms with van der Waals surface area (Å²) < 4.78 is 33.8. The van der Waals surface area contributed by atoms with Gasteiger partial charge in [0.25, 0.3) is 0 Å². The van der Waals surface area contributed by atoms with Crippen molar-refractivity contribution in [2.24, 2.45) is 5.41 Å². The fraction of sp³-hybridized carbons (Fsp3) is 0.647. The average molecular weight is 297 g/mol. The highest BCUT2D eigenvalue weighted by Crippen LogP contribution is 2.48. The van der Waals surface area contributed by atoms with Crippen LogP contribution in [0.25, 0.3) is 0 Å². The SMILES string of the molecule is CCCNC(c1c(F)cc(OC)cc1F)C1(C)CCCC1. The Hall–Kier alpha value is -1.16. The van der Waals surface area contributed by atoms with Crippen molar-refractivity contribution in [3.63, 3.8) is 0 Å². The molecule has 2 rings (SSSR count). The molecular weight excluding hydrogens is 272 g/mol. The number of halogens is 2. The van der Waals surface area contributed by atoms with Crippen LogP contribution < -0.4 is 10.1 Å². The van der Waals surface area contributed by atoms with E-state index in [1.165, 1.54) is 19.2 Å². The summed E-state index contributed by atoms with van der Waals surface area (Å²) in [7, 11) is 1.42. The van der Waals surface area contributed by atoms with Gasteiger partial charge in [-0.2, -0.15) is 0 Å². The molecule has 1 aliphatic carbocycles. The van der Waals surface area contributed by atoms with Crippen molar-refractivity contribution < 1.29 is 13.5 Å². The van der Waals surface area contributed by atoms with Crippen molar-refractivity contribution in [3.8, 4) is 5.75 Å². The average Bonchev–Trinajstić information content (AvgIpc) is 2.89. The molecule has 0 heterocycles. The van der Waals surface area contributed by atoms with Crippen LogP contribution in [0, 0.1) is 17.0 Å². The molecule has 1 N–H and O–H groups in total. The van der Waals surface area contributed by atoms with Gasteiger partial charge in [0.1, 0.15) is 17.4 Å². The molecule has 0 aliphatic heterocycles. The molecule has 2 nitrogen and oxygen atoms in total. The van der Waals surface area contributed by atoms with Crippen LogP contribution in [0.1, 0.15) is 57.6 Å². The Balaban J connectivity index is 2.41. The van der Waals surface area contributed by atoms with E-state index in [4.69, 9.17) is 4.74 Å². The van der Waals surface area contributed by atoms with Crippen LogP contribution in [0.3, 0.4) is 0 Å². The van der Waals surface area contributed by atoms with E-state index in [-0.39, 0.29) is 22.8 Å². The van der Waals surface area contributed by atoms with Gasteiger partial charge in [-0.15, -0.1) is 0 Å². The Labute approximate surface area is 125 Å². The lowest BCUT2D eigenvalue weighted by molar-refractivity contribution is 0.213. The van der Waals surface area contributed by atoms with E-state index < -0.39 is 11.6 Å². The summed E-state index contributed by atoms with van der Waals surface area (Å²) in [6.45, 7) is 4.95. The molecule has 1 fully saturated rings. The minimum atomic E-state index is -0.520. The summed E-state index contributed by atoms with van der Waals surface area (Å²) in [4.78, 5) is 0. The van der Waals surface area contributed by atoms with Crippen molar-refractivity contribution in [2.75, 3.05) is 13.7 Å². The first kappa shape index (κ1) is 16.2. The molecule has 0 aromatic heterocycles. The fourth-order valence-corrected chi connectivity index (χ4v) is 3.41. The molecule has 0 radical (unpaired) electrons. The molecule has 1 aliphatic rings. The van der Waals surface area contributed by atoms with Crippen LogP contribution in [0.5, 0.6) is 5.75 Å². The first-order valence-corrected chi connectivity index (χ1v) is 7.78. The zero-order valence-electron chi connectivity index (χ0n) is 13.1. The topological polar surface area (TPSA) is 21.3 Å². The molecule has 0 amide bonds. The van der Waals surface area contributed by atoms with Crippen molar-refractivity contribution in [1.29, 1.82) is 0 Å². The largest absolute Gasteiger partial charge is 0.497 e. The monoisotopic (exact) mass is 297 g/mol. The van der Waals surface area contributed by atoms with Crippen LogP contribution in [0.15, 0.2) is 12.1 Å². The molecule has 1 unspecified atom stereocenters. The number of hydrogen-bond donors (Lipinski definition) is 1. The normalized spacial score (nSPS) is 18.7. The molecule has 0 saturated heterocycles. The van der Waals surface area contributed by atoms with Crippen LogP contribution in [0.4, 0.5) is 8.78 Å². The van der Waals surface area contributed by atoms with Gasteiger partial charge in [0.2, 0.25) is 0 Å². The van der Waals surface area contributed by atoms with E-state index in [0.29, 0.717) is 0 Å². The van der Waals surface area contributed by atoms with Gasteiger partial charge >= 0.3 is 0 Å². The summed E-state index contributed by atoms with van der Waals surface area (Å²) >= 11 is 0. The van der Waals surface area contributed by atoms with Gasteiger partial charge in [0, 0.05) is 23.7 Å². The molecule has 1 aromatic carbocycles. The number of methoxy groups -OCH3 is 1. The van der Waals surface area contributed by atoms with E-state index in [1.54, 1.807) is 0 Å². The predicted molar refractivity (Wildman–Crippen MR) is 80.5 cm³/mol. The van der Waals surface area contributed by atoms with Gasteiger partial charge in [-0.3, -0.25) is 0 Å². The van der Waals surface area contributed by atoms with E-state index in [9.17, 15) is 8.78 Å². The summed E-state index contributed by atoms with van der Waals surface area (Å²) in [6.07, 6.45) is 5.19. The smallest absolute Gasteiger partial charge is 0.134 e. The maximum absolute atomic E-state index is 14.4. The minimum Gasteiger partial charge on any atom is -0.497 e. The van der Waals surface area contributed by atoms with Crippen LogP contribution in [-0.4, -0.2) is 13.7 Å². The molecule has 1 atom stereocenters. The molecule has 1 saturated carbocycles. The lowest BCUT2D eigenvalue weighted by Crippen LogP contribution is -2.36. The molecule has 118 valence electrons. The Bertz CT molecular complexity index is 461. The first-order chi connectivity index (χ1) is 10.0. The van der Waals surface area contributed by atoms with Gasteiger partial charge in [-0.25, -0.2) is 8.78 Å². The highest BCUT2D eigenvalue weighted by atomic mass is 19.1. The van der Waals surface area contributed by atoms with Crippen LogP contribution >= 0.6 is 0 Å². The van der Waals surface area contributed by atoms with Gasteiger partial charge < -0.3 is 10.1 Å². The third-order valence-corrected chi connectivity index (χ3v) is 4.62. The summed E-state index contributed by atoms with van der Waals surface area (Å²) in [5.74, 6) is -0.818. The highest BCUT2D eigenvalue weighted by molar-refractivity contribution is 5.33. The van der Waals surface area contributed by atoms with E-state index >= 15 is 0 Å². The number of rotatable bonds is 6. The fourth-order valence-electron chi connectivity index (χ4n) is 3.41. The summed E-state index contributed by atoms with van der Waals surface area (Å²) in [6, 6.07) is 2.26. The lowest BCUT2D eigenvalue weighted by atomic mass is 9.76. The minimum absolute atomic E-state index is 0.0918. The van der Waals surface area contributed by atoms with Gasteiger partial charge in [0.05, 0.1) is 7.11 Å². The van der Waals surface area contributed by atoms with Crippen LogP contribution in [-0.2, 0) is 0 Å². The second kappa shape index (κ2) is 6.73. The van der Waals surface area contributed by atoms with Gasteiger partial charge in [-0.1, -0.05) is 26.7 Å². The Morgan fingerprint density at radius 2 is 1.81 bits per heavy atom. The zero-order chi connectivity index (χ0) is 15.5. The van der Waals surface area contributed by atoms with E-state index in [1.807, 2.05) is 0 Å². The number of benzene rings is 1. The number of ether oxygens (including phenoxy) is 1. The zero-order valence-corrected chi connectivity index (χ0v) is 13.1. The number of nitrogens with one attached hydrogen (secondary N) is 1. The summed E-state index contributed by atoms with van der Waals surface area (Å²) in [5.41, 5.74) is 0.0690. The molecular formula is C17H25F2NO. The molecule has 0 bridgehead atoms. The second-order valence-corrected chi connectivity index (χ2v) is 6.25. The number of hydrogen-bond acceptors (Lipinski definition) is 2.